The van der Waals surface area contributed by atoms with Crippen LogP contribution in [0.25, 0.3) is 0 Å². The molecule has 102 valence electrons. The minimum Gasteiger partial charge on any atom is -0.497 e. The minimum absolute atomic E-state index is 0.208. The van der Waals surface area contributed by atoms with E-state index in [-0.39, 0.29) is 5.41 Å². The standard InChI is InChI=1S/C15H23BrO2/c1-10(15(2,3)4)8-14(17)12-7-6-11(18-5)9-13(12)16/h6-7,9-10,14,17H,8H2,1-5H3. The SMILES string of the molecule is COc1ccc(C(O)CC(C)C(C)(C)C)c(Br)c1. The van der Waals surface area contributed by atoms with E-state index in [4.69, 9.17) is 4.74 Å². The molecule has 2 unspecified atom stereocenters. The molecule has 1 aromatic rings. The van der Waals surface area contributed by atoms with Crippen molar-refractivity contribution in [3.63, 3.8) is 0 Å². The number of hydrogen-bond acceptors (Lipinski definition) is 2. The summed E-state index contributed by atoms with van der Waals surface area (Å²) in [4.78, 5) is 0. The third kappa shape index (κ3) is 3.99. The molecule has 1 aromatic carbocycles. The van der Waals surface area contributed by atoms with Crippen LogP contribution in [0.5, 0.6) is 5.75 Å². The summed E-state index contributed by atoms with van der Waals surface area (Å²) in [6, 6.07) is 5.69. The van der Waals surface area contributed by atoms with Gasteiger partial charge < -0.3 is 9.84 Å². The number of rotatable bonds is 4. The van der Waals surface area contributed by atoms with Crippen LogP contribution < -0.4 is 4.74 Å². The molecule has 1 N–H and O–H groups in total. The van der Waals surface area contributed by atoms with Crippen molar-refractivity contribution < 1.29 is 9.84 Å². The molecule has 0 aliphatic rings. The molecule has 0 fully saturated rings. The summed E-state index contributed by atoms with van der Waals surface area (Å²) >= 11 is 3.49. The number of hydrogen-bond donors (Lipinski definition) is 1. The lowest BCUT2D eigenvalue weighted by molar-refractivity contribution is 0.110. The fourth-order valence-corrected chi connectivity index (χ4v) is 2.34. The Bertz CT molecular complexity index is 396. The largest absolute Gasteiger partial charge is 0.497 e. The van der Waals surface area contributed by atoms with Crippen molar-refractivity contribution in [2.75, 3.05) is 7.11 Å². The second kappa shape index (κ2) is 6.07. The third-order valence-electron chi connectivity index (χ3n) is 3.62. The highest BCUT2D eigenvalue weighted by Gasteiger charge is 2.24. The predicted octanol–water partition coefficient (Wildman–Crippen LogP) is 4.56. The van der Waals surface area contributed by atoms with Gasteiger partial charge in [0.2, 0.25) is 0 Å². The summed E-state index contributed by atoms with van der Waals surface area (Å²) < 4.78 is 6.05. The van der Waals surface area contributed by atoms with Gasteiger partial charge in [-0.05, 0) is 35.4 Å². The second-order valence-electron chi connectivity index (χ2n) is 5.91. The lowest BCUT2D eigenvalue weighted by Crippen LogP contribution is -2.19. The van der Waals surface area contributed by atoms with Crippen molar-refractivity contribution in [3.8, 4) is 5.75 Å². The quantitative estimate of drug-likeness (QED) is 0.882. The molecular weight excluding hydrogens is 292 g/mol. The van der Waals surface area contributed by atoms with Crippen LogP contribution in [0.4, 0.5) is 0 Å². The van der Waals surface area contributed by atoms with Crippen LogP contribution in [0.3, 0.4) is 0 Å². The fourth-order valence-electron chi connectivity index (χ4n) is 1.72. The average molecular weight is 315 g/mol. The Balaban J connectivity index is 2.81. The van der Waals surface area contributed by atoms with E-state index >= 15 is 0 Å². The van der Waals surface area contributed by atoms with Crippen LogP contribution in [-0.2, 0) is 0 Å². The van der Waals surface area contributed by atoms with Crippen LogP contribution in [0, 0.1) is 11.3 Å². The maximum atomic E-state index is 10.3. The molecule has 0 saturated carbocycles. The first-order valence-electron chi connectivity index (χ1n) is 6.27. The Labute approximate surface area is 118 Å². The van der Waals surface area contributed by atoms with E-state index in [0.717, 1.165) is 22.2 Å². The Morgan fingerprint density at radius 1 is 1.33 bits per heavy atom. The molecule has 0 heterocycles. The van der Waals surface area contributed by atoms with Gasteiger partial charge in [-0.1, -0.05) is 49.7 Å². The lowest BCUT2D eigenvalue weighted by Gasteiger charge is -2.29. The van der Waals surface area contributed by atoms with Gasteiger partial charge in [0.25, 0.3) is 0 Å². The van der Waals surface area contributed by atoms with E-state index in [2.05, 4.69) is 43.6 Å². The van der Waals surface area contributed by atoms with Crippen molar-refractivity contribution in [3.05, 3.63) is 28.2 Å². The molecule has 1 rings (SSSR count). The summed E-state index contributed by atoms with van der Waals surface area (Å²) in [6.45, 7) is 8.79. The molecule has 3 heteroatoms. The number of aliphatic hydroxyl groups is 1. The normalized spacial score (nSPS) is 15.3. The summed E-state index contributed by atoms with van der Waals surface area (Å²) in [5.41, 5.74) is 1.13. The Morgan fingerprint density at radius 2 is 1.94 bits per heavy atom. The average Bonchev–Trinajstić information content (AvgIpc) is 2.27. The van der Waals surface area contributed by atoms with Crippen LogP contribution in [0.2, 0.25) is 0 Å². The highest BCUT2D eigenvalue weighted by molar-refractivity contribution is 9.10. The van der Waals surface area contributed by atoms with Gasteiger partial charge in [-0.15, -0.1) is 0 Å². The van der Waals surface area contributed by atoms with Gasteiger partial charge >= 0.3 is 0 Å². The summed E-state index contributed by atoms with van der Waals surface area (Å²) in [5.74, 6) is 1.24. The van der Waals surface area contributed by atoms with E-state index in [1.54, 1.807) is 7.11 Å². The van der Waals surface area contributed by atoms with Crippen molar-refractivity contribution in [2.45, 2.75) is 40.2 Å². The Morgan fingerprint density at radius 3 is 2.39 bits per heavy atom. The second-order valence-corrected chi connectivity index (χ2v) is 6.76. The highest BCUT2D eigenvalue weighted by atomic mass is 79.9. The maximum Gasteiger partial charge on any atom is 0.120 e. The zero-order chi connectivity index (χ0) is 13.9. The van der Waals surface area contributed by atoms with E-state index in [1.165, 1.54) is 0 Å². The molecule has 18 heavy (non-hydrogen) atoms. The van der Waals surface area contributed by atoms with Gasteiger partial charge in [0.1, 0.15) is 5.75 Å². The van der Waals surface area contributed by atoms with Gasteiger partial charge in [-0.2, -0.15) is 0 Å². The molecule has 2 atom stereocenters. The minimum atomic E-state index is -0.445. The molecule has 0 spiro atoms. The van der Waals surface area contributed by atoms with Gasteiger partial charge in [-0.25, -0.2) is 0 Å². The lowest BCUT2D eigenvalue weighted by atomic mass is 9.78. The first-order chi connectivity index (χ1) is 8.25. The van der Waals surface area contributed by atoms with Crippen LogP contribution in [-0.4, -0.2) is 12.2 Å². The molecule has 0 aliphatic heterocycles. The van der Waals surface area contributed by atoms with Crippen molar-refractivity contribution >= 4 is 15.9 Å². The van der Waals surface area contributed by atoms with Gasteiger partial charge in [0.15, 0.2) is 0 Å². The third-order valence-corrected chi connectivity index (χ3v) is 4.31. The van der Waals surface area contributed by atoms with Crippen LogP contribution in [0.1, 0.15) is 45.8 Å². The number of halogens is 1. The maximum absolute atomic E-state index is 10.3. The number of aliphatic hydroxyl groups excluding tert-OH is 1. The van der Waals surface area contributed by atoms with Gasteiger partial charge in [0.05, 0.1) is 13.2 Å². The first kappa shape index (κ1) is 15.5. The van der Waals surface area contributed by atoms with Crippen LogP contribution >= 0.6 is 15.9 Å². The Kier molecular flexibility index (Phi) is 5.23. The molecule has 0 aromatic heterocycles. The van der Waals surface area contributed by atoms with Crippen molar-refractivity contribution in [1.29, 1.82) is 0 Å². The van der Waals surface area contributed by atoms with Crippen molar-refractivity contribution in [1.82, 2.24) is 0 Å². The van der Waals surface area contributed by atoms with E-state index in [0.29, 0.717) is 5.92 Å². The summed E-state index contributed by atoms with van der Waals surface area (Å²) in [5, 5.41) is 10.3. The zero-order valence-corrected chi connectivity index (χ0v) is 13.4. The van der Waals surface area contributed by atoms with Crippen LogP contribution in [0.15, 0.2) is 22.7 Å². The van der Waals surface area contributed by atoms with Crippen molar-refractivity contribution in [2.24, 2.45) is 11.3 Å². The number of methoxy groups -OCH3 is 1. The molecule has 0 bridgehead atoms. The predicted molar refractivity (Wildman–Crippen MR) is 78.9 cm³/mol. The smallest absolute Gasteiger partial charge is 0.120 e. The summed E-state index contributed by atoms with van der Waals surface area (Å²) in [6.07, 6.45) is 0.313. The van der Waals surface area contributed by atoms with Gasteiger partial charge in [0, 0.05) is 4.47 Å². The van der Waals surface area contributed by atoms with E-state index < -0.39 is 6.10 Å². The molecule has 2 nitrogen and oxygen atoms in total. The summed E-state index contributed by atoms with van der Waals surface area (Å²) in [7, 11) is 1.64. The Hall–Kier alpha value is -0.540. The molecule has 0 amide bonds. The molecule has 0 radical (unpaired) electrons. The fraction of sp³-hybridized carbons (Fsp3) is 0.600. The van der Waals surface area contributed by atoms with E-state index in [9.17, 15) is 5.11 Å². The zero-order valence-electron chi connectivity index (χ0n) is 11.8. The monoisotopic (exact) mass is 314 g/mol. The van der Waals surface area contributed by atoms with E-state index in [1.807, 2.05) is 18.2 Å². The molecule has 0 saturated heterocycles. The van der Waals surface area contributed by atoms with Gasteiger partial charge in [-0.3, -0.25) is 0 Å². The highest BCUT2D eigenvalue weighted by Crippen LogP contribution is 2.36. The number of benzene rings is 1. The molecule has 0 aliphatic carbocycles. The topological polar surface area (TPSA) is 29.5 Å². The number of ether oxygens (including phenoxy) is 1. The molecular formula is C15H23BrO2. The first-order valence-corrected chi connectivity index (χ1v) is 7.06.